The quantitative estimate of drug-likeness (QED) is 0.736. The second kappa shape index (κ2) is 8.32. The van der Waals surface area contributed by atoms with Crippen LogP contribution in [-0.2, 0) is 22.8 Å². The van der Waals surface area contributed by atoms with Gasteiger partial charge in [0.15, 0.2) is 0 Å². The van der Waals surface area contributed by atoms with Gasteiger partial charge in [0.05, 0.1) is 25.5 Å². The average Bonchev–Trinajstić information content (AvgIpc) is 3.03. The van der Waals surface area contributed by atoms with E-state index in [9.17, 15) is 19.1 Å². The molecule has 0 aliphatic carbocycles. The number of aliphatic hydroxyl groups is 2. The third kappa shape index (κ3) is 4.28. The van der Waals surface area contributed by atoms with Crippen molar-refractivity contribution < 1.29 is 24.1 Å². The van der Waals surface area contributed by atoms with E-state index in [1.54, 1.807) is 24.3 Å². The van der Waals surface area contributed by atoms with Crippen LogP contribution in [0.4, 0.5) is 4.39 Å². The van der Waals surface area contributed by atoms with Gasteiger partial charge in [-0.15, -0.1) is 0 Å². The molecule has 8 nitrogen and oxygen atoms in total. The van der Waals surface area contributed by atoms with E-state index < -0.39 is 48.8 Å². The molecule has 1 fully saturated rings. The summed E-state index contributed by atoms with van der Waals surface area (Å²) in [6.45, 7) is -0.819. The van der Waals surface area contributed by atoms with E-state index in [1.165, 1.54) is 0 Å². The Morgan fingerprint density at radius 1 is 1.30 bits per heavy atom. The van der Waals surface area contributed by atoms with E-state index in [2.05, 4.69) is 0 Å². The van der Waals surface area contributed by atoms with Crippen molar-refractivity contribution in [2.45, 2.75) is 38.2 Å². The molecule has 0 radical (unpaired) electrons. The van der Waals surface area contributed by atoms with Gasteiger partial charge in [-0.05, 0) is 17.7 Å². The second-order valence-corrected chi connectivity index (χ2v) is 6.56. The van der Waals surface area contributed by atoms with E-state index in [1.807, 2.05) is 0 Å². The van der Waals surface area contributed by atoms with Gasteiger partial charge in [-0.2, -0.15) is 4.39 Å². The number of rotatable bonds is 6. The SMILES string of the molecule is O=c1c(F)cn([C@@H]2CC(O)[C@H](CO)O2)c(=O)n1COCc1ccc(Cl)cc1. The van der Waals surface area contributed by atoms with E-state index in [0.29, 0.717) is 9.59 Å². The van der Waals surface area contributed by atoms with Crippen LogP contribution in [0.5, 0.6) is 0 Å². The lowest BCUT2D eigenvalue weighted by atomic mass is 10.2. The summed E-state index contributed by atoms with van der Waals surface area (Å²) in [6, 6.07) is 6.78. The van der Waals surface area contributed by atoms with Crippen molar-refractivity contribution in [2.75, 3.05) is 6.61 Å². The lowest BCUT2D eigenvalue weighted by Crippen LogP contribution is -2.43. The molecule has 0 spiro atoms. The molecule has 0 amide bonds. The van der Waals surface area contributed by atoms with Crippen molar-refractivity contribution in [3.05, 3.63) is 67.7 Å². The first-order valence-electron chi connectivity index (χ1n) is 8.18. The zero-order chi connectivity index (χ0) is 19.6. The molecular formula is C17H18ClFN2O6. The van der Waals surface area contributed by atoms with Crippen LogP contribution < -0.4 is 11.2 Å². The Morgan fingerprint density at radius 3 is 2.63 bits per heavy atom. The maximum absolute atomic E-state index is 14.0. The van der Waals surface area contributed by atoms with E-state index >= 15 is 0 Å². The van der Waals surface area contributed by atoms with Gasteiger partial charge in [-0.25, -0.2) is 9.36 Å². The zero-order valence-electron chi connectivity index (χ0n) is 14.1. The first-order chi connectivity index (χ1) is 12.9. The highest BCUT2D eigenvalue weighted by atomic mass is 35.5. The van der Waals surface area contributed by atoms with Crippen LogP contribution >= 0.6 is 11.6 Å². The van der Waals surface area contributed by atoms with Crippen molar-refractivity contribution in [3.8, 4) is 0 Å². The van der Waals surface area contributed by atoms with Gasteiger partial charge in [0.1, 0.15) is 19.1 Å². The fourth-order valence-electron chi connectivity index (χ4n) is 2.79. The Hall–Kier alpha value is -2.04. The summed E-state index contributed by atoms with van der Waals surface area (Å²) in [4.78, 5) is 24.5. The normalized spacial score (nSPS) is 22.3. The lowest BCUT2D eigenvalue weighted by molar-refractivity contribution is -0.0475. The van der Waals surface area contributed by atoms with Crippen molar-refractivity contribution in [2.24, 2.45) is 0 Å². The topological polar surface area (TPSA) is 103 Å². The molecule has 2 N–H and O–H groups in total. The minimum atomic E-state index is -1.16. The van der Waals surface area contributed by atoms with Crippen LogP contribution in [0.25, 0.3) is 0 Å². The van der Waals surface area contributed by atoms with Gasteiger partial charge in [0.2, 0.25) is 5.82 Å². The Labute approximate surface area is 158 Å². The minimum Gasteiger partial charge on any atom is -0.394 e. The molecule has 2 heterocycles. The molecule has 1 aliphatic heterocycles. The maximum atomic E-state index is 14.0. The zero-order valence-corrected chi connectivity index (χ0v) is 14.9. The minimum absolute atomic E-state index is 0.0194. The second-order valence-electron chi connectivity index (χ2n) is 6.12. The highest BCUT2D eigenvalue weighted by molar-refractivity contribution is 6.30. The van der Waals surface area contributed by atoms with Crippen molar-refractivity contribution in [1.82, 2.24) is 9.13 Å². The van der Waals surface area contributed by atoms with E-state index in [-0.39, 0.29) is 13.0 Å². The van der Waals surface area contributed by atoms with Crippen LogP contribution in [0.15, 0.2) is 40.1 Å². The van der Waals surface area contributed by atoms with Gasteiger partial charge in [-0.3, -0.25) is 9.36 Å². The molecule has 3 rings (SSSR count). The number of aliphatic hydroxyl groups excluding tert-OH is 2. The average molecular weight is 401 g/mol. The molecule has 2 aromatic rings. The summed E-state index contributed by atoms with van der Waals surface area (Å²) in [7, 11) is 0. The molecule has 0 bridgehead atoms. The lowest BCUT2D eigenvalue weighted by Gasteiger charge is -2.16. The van der Waals surface area contributed by atoms with Gasteiger partial charge >= 0.3 is 5.69 Å². The summed E-state index contributed by atoms with van der Waals surface area (Å²) in [6.07, 6.45) is -2.17. The number of nitrogens with zero attached hydrogens (tertiary/aromatic N) is 2. The Balaban J connectivity index is 1.79. The number of ether oxygens (including phenoxy) is 2. The first kappa shape index (κ1) is 19.7. The van der Waals surface area contributed by atoms with Crippen LogP contribution in [0, 0.1) is 5.82 Å². The van der Waals surface area contributed by atoms with Gasteiger partial charge in [0.25, 0.3) is 5.56 Å². The number of hydrogen-bond donors (Lipinski definition) is 2. The Kier molecular flexibility index (Phi) is 6.08. The molecular weight excluding hydrogens is 383 g/mol. The van der Waals surface area contributed by atoms with Crippen molar-refractivity contribution in [3.63, 3.8) is 0 Å². The molecule has 10 heteroatoms. The molecule has 1 saturated heterocycles. The highest BCUT2D eigenvalue weighted by Gasteiger charge is 2.35. The summed E-state index contributed by atoms with van der Waals surface area (Å²) in [5.41, 5.74) is -1.20. The van der Waals surface area contributed by atoms with Crippen molar-refractivity contribution in [1.29, 1.82) is 0 Å². The van der Waals surface area contributed by atoms with E-state index in [0.717, 1.165) is 16.3 Å². The van der Waals surface area contributed by atoms with Crippen LogP contribution in [0.1, 0.15) is 18.2 Å². The molecule has 1 aromatic heterocycles. The number of aromatic nitrogens is 2. The molecule has 1 unspecified atom stereocenters. The molecule has 1 aliphatic rings. The van der Waals surface area contributed by atoms with Crippen LogP contribution in [-0.4, -0.2) is 38.2 Å². The third-order valence-corrected chi connectivity index (χ3v) is 4.50. The largest absolute Gasteiger partial charge is 0.394 e. The summed E-state index contributed by atoms with van der Waals surface area (Å²) in [5, 5.41) is 19.5. The fourth-order valence-corrected chi connectivity index (χ4v) is 2.92. The van der Waals surface area contributed by atoms with Crippen LogP contribution in [0.3, 0.4) is 0 Å². The standard InChI is InChI=1S/C17H18ClFN2O6/c18-11-3-1-10(2-4-11)8-26-9-21-16(24)12(19)6-20(17(21)25)15-5-13(23)14(7-22)27-15/h1-4,6,13-15,22-23H,5,7-9H2/t13?,14-,15-/m0/s1. The predicted octanol–water partition coefficient (Wildman–Crippen LogP) is 0.617. The number of halogens is 2. The Bertz CT molecular complexity index is 913. The summed E-state index contributed by atoms with van der Waals surface area (Å²) in [5.74, 6) is -1.16. The van der Waals surface area contributed by atoms with Gasteiger partial charge in [0, 0.05) is 11.4 Å². The molecule has 0 saturated carbocycles. The monoisotopic (exact) mass is 400 g/mol. The fraction of sp³-hybridized carbons (Fsp3) is 0.412. The number of hydrogen-bond acceptors (Lipinski definition) is 6. The Morgan fingerprint density at radius 2 is 2.00 bits per heavy atom. The summed E-state index contributed by atoms with van der Waals surface area (Å²) >= 11 is 5.79. The van der Waals surface area contributed by atoms with Gasteiger partial charge < -0.3 is 19.7 Å². The molecule has 146 valence electrons. The third-order valence-electron chi connectivity index (χ3n) is 4.25. The van der Waals surface area contributed by atoms with Gasteiger partial charge in [-0.1, -0.05) is 23.7 Å². The van der Waals surface area contributed by atoms with Crippen LogP contribution in [0.2, 0.25) is 5.02 Å². The molecule has 1 aromatic carbocycles. The van der Waals surface area contributed by atoms with Crippen molar-refractivity contribution >= 4 is 11.6 Å². The molecule has 27 heavy (non-hydrogen) atoms. The molecule has 3 atom stereocenters. The number of benzene rings is 1. The first-order valence-corrected chi connectivity index (χ1v) is 8.56. The summed E-state index contributed by atoms with van der Waals surface area (Å²) < 4.78 is 26.2. The maximum Gasteiger partial charge on any atom is 0.335 e. The highest BCUT2D eigenvalue weighted by Crippen LogP contribution is 2.27. The van der Waals surface area contributed by atoms with E-state index in [4.69, 9.17) is 26.2 Å². The smallest absolute Gasteiger partial charge is 0.335 e. The predicted molar refractivity (Wildman–Crippen MR) is 92.8 cm³/mol.